The van der Waals surface area contributed by atoms with Crippen LogP contribution in [0.5, 0.6) is 5.75 Å². The van der Waals surface area contributed by atoms with E-state index < -0.39 is 5.60 Å². The average Bonchev–Trinajstić information content (AvgIpc) is 2.85. The van der Waals surface area contributed by atoms with Crippen molar-refractivity contribution in [2.24, 2.45) is 0 Å². The van der Waals surface area contributed by atoms with Crippen molar-refractivity contribution in [3.63, 3.8) is 0 Å². The highest BCUT2D eigenvalue weighted by atomic mass is 16.5. The van der Waals surface area contributed by atoms with E-state index in [9.17, 15) is 5.11 Å². The molecule has 0 heterocycles. The molecule has 0 aliphatic heterocycles. The molecule has 21 heavy (non-hydrogen) atoms. The Kier molecular flexibility index (Phi) is 3.95. The van der Waals surface area contributed by atoms with Gasteiger partial charge in [0.1, 0.15) is 18.0 Å². The van der Waals surface area contributed by atoms with Gasteiger partial charge in [0.25, 0.3) is 0 Å². The summed E-state index contributed by atoms with van der Waals surface area (Å²) in [6.45, 7) is 1.02. The molecular weight excluding hydrogens is 264 g/mol. The van der Waals surface area contributed by atoms with Crippen molar-refractivity contribution in [3.8, 4) is 5.75 Å². The van der Waals surface area contributed by atoms with Crippen LogP contribution in [0.3, 0.4) is 0 Å². The standard InChI is InChI=1S/C18H20O3/c1-20-10-11-21-17-9-5-4-8-16(17)18(19)12-14-6-2-3-7-15(14)13-18/h2-9,19H,10-13H2,1H3. The van der Waals surface area contributed by atoms with Crippen molar-refractivity contribution in [1.82, 2.24) is 0 Å². The molecule has 3 nitrogen and oxygen atoms in total. The zero-order chi connectivity index (χ0) is 14.7. The first kappa shape index (κ1) is 14.1. The molecule has 1 aliphatic rings. The Hall–Kier alpha value is -1.84. The van der Waals surface area contributed by atoms with Gasteiger partial charge in [-0.3, -0.25) is 0 Å². The van der Waals surface area contributed by atoms with E-state index in [0.29, 0.717) is 26.1 Å². The molecule has 0 unspecified atom stereocenters. The van der Waals surface area contributed by atoms with Gasteiger partial charge in [-0.25, -0.2) is 0 Å². The highest BCUT2D eigenvalue weighted by Gasteiger charge is 2.38. The molecule has 1 aliphatic carbocycles. The molecule has 2 aromatic carbocycles. The summed E-state index contributed by atoms with van der Waals surface area (Å²) >= 11 is 0. The average molecular weight is 284 g/mol. The minimum absolute atomic E-state index is 0.483. The molecular formula is C18H20O3. The van der Waals surface area contributed by atoms with Crippen LogP contribution in [0.25, 0.3) is 0 Å². The number of ether oxygens (including phenoxy) is 2. The van der Waals surface area contributed by atoms with Gasteiger partial charge in [-0.2, -0.15) is 0 Å². The summed E-state index contributed by atoms with van der Waals surface area (Å²) < 4.78 is 10.8. The predicted molar refractivity (Wildman–Crippen MR) is 81.6 cm³/mol. The van der Waals surface area contributed by atoms with Gasteiger partial charge in [0.15, 0.2) is 0 Å². The maximum absolute atomic E-state index is 11.1. The van der Waals surface area contributed by atoms with Crippen LogP contribution >= 0.6 is 0 Å². The lowest BCUT2D eigenvalue weighted by Crippen LogP contribution is -2.27. The molecule has 0 saturated carbocycles. The van der Waals surface area contributed by atoms with Crippen molar-refractivity contribution in [1.29, 1.82) is 0 Å². The number of para-hydroxylation sites is 1. The highest BCUT2D eigenvalue weighted by molar-refractivity contribution is 5.45. The van der Waals surface area contributed by atoms with E-state index in [0.717, 1.165) is 11.3 Å². The first-order chi connectivity index (χ1) is 10.2. The van der Waals surface area contributed by atoms with E-state index in [4.69, 9.17) is 9.47 Å². The van der Waals surface area contributed by atoms with Crippen LogP contribution in [-0.4, -0.2) is 25.4 Å². The molecule has 0 bridgehead atoms. The number of methoxy groups -OCH3 is 1. The summed E-state index contributed by atoms with van der Waals surface area (Å²) in [4.78, 5) is 0. The Labute approximate surface area is 125 Å². The fourth-order valence-corrected chi connectivity index (χ4v) is 3.00. The first-order valence-electron chi connectivity index (χ1n) is 7.23. The fraction of sp³-hybridized carbons (Fsp3) is 0.333. The number of hydrogen-bond acceptors (Lipinski definition) is 3. The third-order valence-corrected chi connectivity index (χ3v) is 4.02. The highest BCUT2D eigenvalue weighted by Crippen LogP contribution is 2.41. The normalized spacial score (nSPS) is 15.7. The van der Waals surface area contributed by atoms with Crippen LogP contribution < -0.4 is 4.74 Å². The molecule has 0 radical (unpaired) electrons. The molecule has 0 amide bonds. The Morgan fingerprint density at radius 2 is 1.57 bits per heavy atom. The summed E-state index contributed by atoms with van der Waals surface area (Å²) in [5, 5.41) is 11.1. The molecule has 0 aromatic heterocycles. The molecule has 0 spiro atoms. The van der Waals surface area contributed by atoms with Crippen LogP contribution in [0.4, 0.5) is 0 Å². The van der Waals surface area contributed by atoms with E-state index >= 15 is 0 Å². The number of rotatable bonds is 5. The van der Waals surface area contributed by atoms with Crippen LogP contribution in [-0.2, 0) is 23.2 Å². The Bertz CT molecular complexity index is 596. The molecule has 0 fully saturated rings. The minimum atomic E-state index is -0.882. The third kappa shape index (κ3) is 2.80. The van der Waals surface area contributed by atoms with Gasteiger partial charge in [0.2, 0.25) is 0 Å². The van der Waals surface area contributed by atoms with Gasteiger partial charge in [0.05, 0.1) is 6.61 Å². The van der Waals surface area contributed by atoms with Gasteiger partial charge < -0.3 is 14.6 Å². The van der Waals surface area contributed by atoms with Gasteiger partial charge in [-0.15, -0.1) is 0 Å². The smallest absolute Gasteiger partial charge is 0.125 e. The molecule has 110 valence electrons. The number of fused-ring (bicyclic) bond motifs is 1. The molecule has 0 atom stereocenters. The fourth-order valence-electron chi connectivity index (χ4n) is 3.00. The summed E-state index contributed by atoms with van der Waals surface area (Å²) in [5.74, 6) is 0.741. The van der Waals surface area contributed by atoms with E-state index in [1.54, 1.807) is 7.11 Å². The lowest BCUT2D eigenvalue weighted by atomic mass is 9.90. The second kappa shape index (κ2) is 5.88. The Balaban J connectivity index is 1.87. The van der Waals surface area contributed by atoms with Gasteiger partial charge in [-0.1, -0.05) is 42.5 Å². The Morgan fingerprint density at radius 3 is 2.24 bits per heavy atom. The quantitative estimate of drug-likeness (QED) is 0.858. The van der Waals surface area contributed by atoms with Crippen molar-refractivity contribution < 1.29 is 14.6 Å². The number of aliphatic hydroxyl groups is 1. The van der Waals surface area contributed by atoms with Crippen LogP contribution in [0.15, 0.2) is 48.5 Å². The minimum Gasteiger partial charge on any atom is -0.491 e. The van der Waals surface area contributed by atoms with Crippen LogP contribution in [0.1, 0.15) is 16.7 Å². The lowest BCUT2D eigenvalue weighted by Gasteiger charge is -2.25. The van der Waals surface area contributed by atoms with Gasteiger partial charge in [0, 0.05) is 25.5 Å². The molecule has 3 heteroatoms. The predicted octanol–water partition coefficient (Wildman–Crippen LogP) is 2.70. The first-order valence-corrected chi connectivity index (χ1v) is 7.23. The second-order valence-electron chi connectivity index (χ2n) is 5.49. The zero-order valence-electron chi connectivity index (χ0n) is 12.2. The summed E-state index contributed by atoms with van der Waals surface area (Å²) in [7, 11) is 1.65. The molecule has 0 saturated heterocycles. The topological polar surface area (TPSA) is 38.7 Å². The van der Waals surface area contributed by atoms with E-state index in [1.807, 2.05) is 36.4 Å². The SMILES string of the molecule is COCCOc1ccccc1C1(O)Cc2ccccc2C1. The van der Waals surface area contributed by atoms with E-state index in [1.165, 1.54) is 11.1 Å². The number of benzene rings is 2. The van der Waals surface area contributed by atoms with Crippen LogP contribution in [0, 0.1) is 0 Å². The van der Waals surface area contributed by atoms with Crippen LogP contribution in [0.2, 0.25) is 0 Å². The van der Waals surface area contributed by atoms with Gasteiger partial charge in [-0.05, 0) is 17.2 Å². The maximum Gasteiger partial charge on any atom is 0.125 e. The van der Waals surface area contributed by atoms with E-state index in [-0.39, 0.29) is 0 Å². The maximum atomic E-state index is 11.1. The van der Waals surface area contributed by atoms with Gasteiger partial charge >= 0.3 is 0 Å². The van der Waals surface area contributed by atoms with Crippen molar-refractivity contribution in [2.45, 2.75) is 18.4 Å². The van der Waals surface area contributed by atoms with Crippen molar-refractivity contribution in [2.75, 3.05) is 20.3 Å². The zero-order valence-corrected chi connectivity index (χ0v) is 12.2. The third-order valence-electron chi connectivity index (χ3n) is 4.02. The monoisotopic (exact) mass is 284 g/mol. The van der Waals surface area contributed by atoms with E-state index in [2.05, 4.69) is 12.1 Å². The molecule has 2 aromatic rings. The molecule has 3 rings (SSSR count). The summed E-state index contributed by atoms with van der Waals surface area (Å²) in [6, 6.07) is 15.9. The second-order valence-corrected chi connectivity index (χ2v) is 5.49. The largest absolute Gasteiger partial charge is 0.491 e. The van der Waals surface area contributed by atoms with Crippen molar-refractivity contribution >= 4 is 0 Å². The number of hydrogen-bond donors (Lipinski definition) is 1. The Morgan fingerprint density at radius 1 is 0.952 bits per heavy atom. The lowest BCUT2D eigenvalue weighted by molar-refractivity contribution is 0.0438. The van der Waals surface area contributed by atoms with Crippen molar-refractivity contribution in [3.05, 3.63) is 65.2 Å². The molecule has 1 N–H and O–H groups in total. The summed E-state index contributed by atoms with van der Waals surface area (Å²) in [6.07, 6.45) is 1.27. The summed E-state index contributed by atoms with van der Waals surface area (Å²) in [5.41, 5.74) is 2.41.